The second-order valence-electron chi connectivity index (χ2n) is 4.62. The average molecular weight is 243 g/mol. The molecule has 3 rings (SSSR count). The summed E-state index contributed by atoms with van der Waals surface area (Å²) in [5, 5.41) is 7.76. The van der Waals surface area contributed by atoms with Crippen LogP contribution in [0.2, 0.25) is 0 Å². The SMILES string of the molecule is COc1c(C2CNCc3ccccc32)cnn1C. The molecule has 18 heavy (non-hydrogen) atoms. The number of ether oxygens (including phenoxy) is 1. The number of fused-ring (bicyclic) bond motifs is 1. The van der Waals surface area contributed by atoms with Gasteiger partial charge < -0.3 is 10.1 Å². The van der Waals surface area contributed by atoms with Crippen LogP contribution < -0.4 is 10.1 Å². The van der Waals surface area contributed by atoms with Gasteiger partial charge in [-0.15, -0.1) is 0 Å². The summed E-state index contributed by atoms with van der Waals surface area (Å²) in [5.41, 5.74) is 3.89. The lowest BCUT2D eigenvalue weighted by Crippen LogP contribution is -2.28. The lowest BCUT2D eigenvalue weighted by Gasteiger charge is -2.26. The number of hydrogen-bond acceptors (Lipinski definition) is 3. The van der Waals surface area contributed by atoms with Crippen LogP contribution in [0.3, 0.4) is 0 Å². The van der Waals surface area contributed by atoms with Gasteiger partial charge in [0, 0.05) is 31.6 Å². The number of methoxy groups -OCH3 is 1. The highest BCUT2D eigenvalue weighted by atomic mass is 16.5. The van der Waals surface area contributed by atoms with Crippen LogP contribution in [-0.4, -0.2) is 23.4 Å². The van der Waals surface area contributed by atoms with E-state index in [1.807, 2.05) is 13.2 Å². The highest BCUT2D eigenvalue weighted by Crippen LogP contribution is 2.34. The highest BCUT2D eigenvalue weighted by Gasteiger charge is 2.25. The second-order valence-corrected chi connectivity index (χ2v) is 4.62. The first-order valence-corrected chi connectivity index (χ1v) is 6.15. The molecule has 1 aliphatic rings. The van der Waals surface area contributed by atoms with Crippen molar-refractivity contribution in [1.82, 2.24) is 15.1 Å². The Morgan fingerprint density at radius 3 is 3.00 bits per heavy atom. The third kappa shape index (κ3) is 1.69. The summed E-state index contributed by atoms with van der Waals surface area (Å²) in [6.45, 7) is 1.87. The fourth-order valence-corrected chi connectivity index (χ4v) is 2.71. The van der Waals surface area contributed by atoms with Gasteiger partial charge >= 0.3 is 0 Å². The number of rotatable bonds is 2. The van der Waals surface area contributed by atoms with Crippen LogP contribution in [-0.2, 0) is 13.6 Å². The van der Waals surface area contributed by atoms with Crippen LogP contribution >= 0.6 is 0 Å². The smallest absolute Gasteiger partial charge is 0.215 e. The van der Waals surface area contributed by atoms with Crippen LogP contribution in [0, 0.1) is 0 Å². The molecule has 0 aliphatic carbocycles. The standard InChI is InChI=1S/C14H17N3O/c1-17-14(18-2)13(9-16-17)12-8-15-7-10-5-3-4-6-11(10)12/h3-6,9,12,15H,7-8H2,1-2H3. The Morgan fingerprint density at radius 2 is 2.17 bits per heavy atom. The van der Waals surface area contributed by atoms with Crippen LogP contribution in [0.5, 0.6) is 5.88 Å². The first-order valence-electron chi connectivity index (χ1n) is 6.15. The van der Waals surface area contributed by atoms with E-state index >= 15 is 0 Å². The Labute approximate surface area is 107 Å². The molecule has 0 saturated carbocycles. The summed E-state index contributed by atoms with van der Waals surface area (Å²) in [6.07, 6.45) is 1.91. The minimum absolute atomic E-state index is 0.318. The maximum absolute atomic E-state index is 5.46. The Kier molecular flexibility index (Phi) is 2.80. The van der Waals surface area contributed by atoms with Gasteiger partial charge in [-0.1, -0.05) is 24.3 Å². The molecule has 2 heterocycles. The Morgan fingerprint density at radius 1 is 1.33 bits per heavy atom. The highest BCUT2D eigenvalue weighted by molar-refractivity contribution is 5.43. The molecule has 1 unspecified atom stereocenters. The van der Waals surface area contributed by atoms with E-state index in [1.54, 1.807) is 11.8 Å². The van der Waals surface area contributed by atoms with Crippen LogP contribution in [0.15, 0.2) is 30.5 Å². The number of nitrogens with one attached hydrogen (secondary N) is 1. The van der Waals surface area contributed by atoms with Crippen molar-refractivity contribution in [3.63, 3.8) is 0 Å². The monoisotopic (exact) mass is 243 g/mol. The summed E-state index contributed by atoms with van der Waals surface area (Å²) in [6, 6.07) is 8.56. The average Bonchev–Trinajstić information content (AvgIpc) is 2.79. The molecule has 0 saturated heterocycles. The van der Waals surface area contributed by atoms with Crippen molar-refractivity contribution in [3.05, 3.63) is 47.2 Å². The molecule has 2 aromatic rings. The maximum Gasteiger partial charge on any atom is 0.215 e. The van der Waals surface area contributed by atoms with Crippen molar-refractivity contribution in [1.29, 1.82) is 0 Å². The number of benzene rings is 1. The van der Waals surface area contributed by atoms with Crippen molar-refractivity contribution in [2.75, 3.05) is 13.7 Å². The maximum atomic E-state index is 5.46. The number of aromatic nitrogens is 2. The molecule has 0 fully saturated rings. The van der Waals surface area contributed by atoms with Crippen molar-refractivity contribution in [3.8, 4) is 5.88 Å². The molecular weight excluding hydrogens is 226 g/mol. The number of nitrogens with zero attached hydrogens (tertiary/aromatic N) is 2. The van der Waals surface area contributed by atoms with E-state index in [0.717, 1.165) is 24.5 Å². The molecule has 94 valence electrons. The van der Waals surface area contributed by atoms with Crippen LogP contribution in [0.4, 0.5) is 0 Å². The van der Waals surface area contributed by atoms with Gasteiger partial charge in [0.1, 0.15) is 0 Å². The van der Waals surface area contributed by atoms with Gasteiger partial charge in [0.2, 0.25) is 5.88 Å². The van der Waals surface area contributed by atoms with Gasteiger partial charge in [-0.2, -0.15) is 5.10 Å². The van der Waals surface area contributed by atoms with Crippen LogP contribution in [0.1, 0.15) is 22.6 Å². The van der Waals surface area contributed by atoms with E-state index in [-0.39, 0.29) is 0 Å². The first kappa shape index (κ1) is 11.3. The van der Waals surface area contributed by atoms with Gasteiger partial charge in [-0.25, -0.2) is 4.68 Å². The zero-order valence-electron chi connectivity index (χ0n) is 10.7. The fraction of sp³-hybridized carbons (Fsp3) is 0.357. The molecule has 0 bridgehead atoms. The molecular formula is C14H17N3O. The van der Waals surface area contributed by atoms with Gasteiger partial charge in [0.05, 0.1) is 13.3 Å². The van der Waals surface area contributed by atoms with Crippen molar-refractivity contribution in [2.24, 2.45) is 7.05 Å². The van der Waals surface area contributed by atoms with Crippen molar-refractivity contribution < 1.29 is 4.74 Å². The van der Waals surface area contributed by atoms with Gasteiger partial charge in [-0.05, 0) is 11.1 Å². The molecule has 1 aromatic carbocycles. The molecule has 1 N–H and O–H groups in total. The predicted molar refractivity (Wildman–Crippen MR) is 69.8 cm³/mol. The van der Waals surface area contributed by atoms with E-state index in [1.165, 1.54) is 11.1 Å². The Bertz CT molecular complexity index is 562. The topological polar surface area (TPSA) is 39.1 Å². The fourth-order valence-electron chi connectivity index (χ4n) is 2.71. The van der Waals surface area contributed by atoms with Gasteiger partial charge in [-0.3, -0.25) is 0 Å². The van der Waals surface area contributed by atoms with E-state index in [0.29, 0.717) is 5.92 Å². The normalized spacial score (nSPS) is 18.4. The second kappa shape index (κ2) is 4.46. The molecule has 0 radical (unpaired) electrons. The van der Waals surface area contributed by atoms with Crippen LogP contribution in [0.25, 0.3) is 0 Å². The quantitative estimate of drug-likeness (QED) is 0.872. The van der Waals surface area contributed by atoms with Crippen molar-refractivity contribution in [2.45, 2.75) is 12.5 Å². The number of aryl methyl sites for hydroxylation is 1. The van der Waals surface area contributed by atoms with E-state index in [9.17, 15) is 0 Å². The summed E-state index contributed by atoms with van der Waals surface area (Å²) in [5.74, 6) is 1.16. The van der Waals surface area contributed by atoms with E-state index < -0.39 is 0 Å². The first-order chi connectivity index (χ1) is 8.81. The largest absolute Gasteiger partial charge is 0.481 e. The molecule has 1 aromatic heterocycles. The summed E-state index contributed by atoms with van der Waals surface area (Å²) in [4.78, 5) is 0. The third-order valence-electron chi connectivity index (χ3n) is 3.57. The zero-order valence-corrected chi connectivity index (χ0v) is 10.7. The lowest BCUT2D eigenvalue weighted by molar-refractivity contribution is 0.366. The summed E-state index contributed by atoms with van der Waals surface area (Å²) >= 11 is 0. The van der Waals surface area contributed by atoms with Gasteiger partial charge in [0.15, 0.2) is 0 Å². The molecule has 4 nitrogen and oxygen atoms in total. The zero-order chi connectivity index (χ0) is 12.5. The minimum Gasteiger partial charge on any atom is -0.481 e. The Balaban J connectivity index is 2.08. The Hall–Kier alpha value is -1.81. The molecule has 0 spiro atoms. The molecule has 0 amide bonds. The lowest BCUT2D eigenvalue weighted by atomic mass is 9.87. The predicted octanol–water partition coefficient (Wildman–Crippen LogP) is 1.66. The minimum atomic E-state index is 0.318. The molecule has 4 heteroatoms. The van der Waals surface area contributed by atoms with Gasteiger partial charge in [0.25, 0.3) is 0 Å². The van der Waals surface area contributed by atoms with E-state index in [4.69, 9.17) is 4.74 Å². The third-order valence-corrected chi connectivity index (χ3v) is 3.57. The molecule has 1 atom stereocenters. The summed E-state index contributed by atoms with van der Waals surface area (Å²) < 4.78 is 7.24. The molecule has 1 aliphatic heterocycles. The number of hydrogen-bond donors (Lipinski definition) is 1. The van der Waals surface area contributed by atoms with Crippen molar-refractivity contribution >= 4 is 0 Å². The summed E-state index contributed by atoms with van der Waals surface area (Å²) in [7, 11) is 3.60. The van der Waals surface area contributed by atoms with E-state index in [2.05, 4.69) is 34.7 Å².